The number of rotatable bonds is 5. The predicted molar refractivity (Wildman–Crippen MR) is 122 cm³/mol. The number of benzene rings is 2. The third-order valence-corrected chi connectivity index (χ3v) is 4.84. The Morgan fingerprint density at radius 2 is 1.97 bits per heavy atom. The molecule has 4 rings (SSSR count). The topological polar surface area (TPSA) is 93.9 Å². The van der Waals surface area contributed by atoms with Crippen LogP contribution in [0.1, 0.15) is 29.8 Å². The van der Waals surface area contributed by atoms with E-state index in [0.717, 1.165) is 27.6 Å². The minimum Gasteiger partial charge on any atom is -0.619 e. The predicted octanol–water partition coefficient (Wildman–Crippen LogP) is 4.31. The summed E-state index contributed by atoms with van der Waals surface area (Å²) >= 11 is 0. The lowest BCUT2D eigenvalue weighted by Gasteiger charge is -2.12. The number of carbonyl (C=O) groups excluding carboxylic acids is 1. The maximum absolute atomic E-state index is 12.5. The standard InChI is InChI=1S/C24H23N5O2/c1-15(2)26-24-25-13-19-11-17(7-9-22(19)28-24)21-12-20(8-6-16(21)3)27-23(30)18-5-4-10-29(31)14-18/h4-15H,1-3H3,(H,27,30)(H,25,26,28). The van der Waals surface area contributed by atoms with Crippen molar-refractivity contribution in [1.82, 2.24) is 9.97 Å². The van der Waals surface area contributed by atoms with E-state index in [1.165, 1.54) is 12.4 Å². The van der Waals surface area contributed by atoms with Gasteiger partial charge in [-0.05, 0) is 67.8 Å². The summed E-state index contributed by atoms with van der Waals surface area (Å²) in [5.41, 5.74) is 4.89. The first kappa shape index (κ1) is 20.3. The number of nitrogens with zero attached hydrogens (tertiary/aromatic N) is 3. The number of pyridine rings is 1. The number of fused-ring (bicyclic) bond motifs is 1. The largest absolute Gasteiger partial charge is 0.619 e. The molecule has 7 heteroatoms. The van der Waals surface area contributed by atoms with E-state index in [0.29, 0.717) is 21.9 Å². The van der Waals surface area contributed by atoms with Crippen molar-refractivity contribution < 1.29 is 9.52 Å². The fourth-order valence-electron chi connectivity index (χ4n) is 3.33. The van der Waals surface area contributed by atoms with Gasteiger partial charge in [0.15, 0.2) is 12.4 Å². The summed E-state index contributed by atoms with van der Waals surface area (Å²) in [6.07, 6.45) is 4.40. The molecule has 0 fully saturated rings. The number of hydrogen-bond acceptors (Lipinski definition) is 5. The molecule has 7 nitrogen and oxygen atoms in total. The van der Waals surface area contributed by atoms with Gasteiger partial charge in [-0.15, -0.1) is 0 Å². The lowest BCUT2D eigenvalue weighted by atomic mass is 9.98. The number of aromatic nitrogens is 3. The minimum atomic E-state index is -0.336. The maximum Gasteiger partial charge on any atom is 0.261 e. The van der Waals surface area contributed by atoms with E-state index in [-0.39, 0.29) is 11.9 Å². The summed E-state index contributed by atoms with van der Waals surface area (Å²) in [5.74, 6) is 0.272. The van der Waals surface area contributed by atoms with Gasteiger partial charge in [0.25, 0.3) is 5.91 Å². The second-order valence-corrected chi connectivity index (χ2v) is 7.70. The Morgan fingerprint density at radius 3 is 2.74 bits per heavy atom. The number of nitrogens with one attached hydrogen (secondary N) is 2. The van der Waals surface area contributed by atoms with Crippen molar-refractivity contribution in [1.29, 1.82) is 0 Å². The van der Waals surface area contributed by atoms with Crippen molar-refractivity contribution in [2.45, 2.75) is 26.8 Å². The molecule has 0 saturated carbocycles. The fraction of sp³-hybridized carbons (Fsp3) is 0.167. The zero-order chi connectivity index (χ0) is 22.0. The number of carbonyl (C=O) groups is 1. The Labute approximate surface area is 180 Å². The molecule has 0 saturated heterocycles. The maximum atomic E-state index is 12.5. The van der Waals surface area contributed by atoms with Crippen LogP contribution < -0.4 is 15.4 Å². The molecule has 0 atom stereocenters. The summed E-state index contributed by atoms with van der Waals surface area (Å²) in [4.78, 5) is 21.5. The molecule has 31 heavy (non-hydrogen) atoms. The molecular formula is C24H23N5O2. The number of anilines is 2. The molecule has 0 bridgehead atoms. The number of aryl methyl sites for hydroxylation is 1. The molecule has 2 N–H and O–H groups in total. The fourth-order valence-corrected chi connectivity index (χ4v) is 3.33. The van der Waals surface area contributed by atoms with Crippen molar-refractivity contribution in [2.24, 2.45) is 0 Å². The van der Waals surface area contributed by atoms with E-state index in [2.05, 4.69) is 20.6 Å². The van der Waals surface area contributed by atoms with E-state index in [4.69, 9.17) is 0 Å². The third kappa shape index (κ3) is 4.61. The van der Waals surface area contributed by atoms with Crippen LogP contribution in [0.5, 0.6) is 0 Å². The lowest BCUT2D eigenvalue weighted by molar-refractivity contribution is -0.605. The van der Waals surface area contributed by atoms with Crippen LogP contribution in [0, 0.1) is 12.1 Å². The highest BCUT2D eigenvalue weighted by Crippen LogP contribution is 2.29. The lowest BCUT2D eigenvalue weighted by Crippen LogP contribution is -2.27. The molecule has 0 unspecified atom stereocenters. The number of hydrogen-bond donors (Lipinski definition) is 2. The highest BCUT2D eigenvalue weighted by Gasteiger charge is 2.11. The van der Waals surface area contributed by atoms with Crippen molar-refractivity contribution in [3.8, 4) is 11.1 Å². The molecule has 2 heterocycles. The van der Waals surface area contributed by atoms with Crippen LogP contribution in [0.15, 0.2) is 67.1 Å². The summed E-state index contributed by atoms with van der Waals surface area (Å²) in [6.45, 7) is 6.11. The van der Waals surface area contributed by atoms with E-state index >= 15 is 0 Å². The summed E-state index contributed by atoms with van der Waals surface area (Å²) in [5, 5.41) is 18.4. The van der Waals surface area contributed by atoms with Gasteiger partial charge in [-0.1, -0.05) is 12.1 Å². The zero-order valence-corrected chi connectivity index (χ0v) is 17.6. The Bertz CT molecular complexity index is 1270. The van der Waals surface area contributed by atoms with Crippen LogP contribution >= 0.6 is 0 Å². The second kappa shape index (κ2) is 8.39. The quantitative estimate of drug-likeness (QED) is 0.376. The van der Waals surface area contributed by atoms with Crippen LogP contribution in [-0.2, 0) is 0 Å². The van der Waals surface area contributed by atoms with Crippen molar-refractivity contribution in [2.75, 3.05) is 10.6 Å². The summed E-state index contributed by atoms with van der Waals surface area (Å²) in [6, 6.07) is 15.2. The molecule has 0 aliphatic rings. The van der Waals surface area contributed by atoms with Crippen molar-refractivity contribution in [3.05, 3.63) is 83.5 Å². The van der Waals surface area contributed by atoms with Crippen molar-refractivity contribution in [3.63, 3.8) is 0 Å². The Balaban J connectivity index is 1.63. The van der Waals surface area contributed by atoms with Crippen LogP contribution in [0.2, 0.25) is 0 Å². The Hall–Kier alpha value is -4.00. The minimum absolute atomic E-state index is 0.257. The first-order chi connectivity index (χ1) is 14.9. The molecular weight excluding hydrogens is 390 g/mol. The summed E-state index contributed by atoms with van der Waals surface area (Å²) in [7, 11) is 0. The number of amides is 1. The molecule has 0 aliphatic carbocycles. The van der Waals surface area contributed by atoms with Gasteiger partial charge in [0.2, 0.25) is 5.95 Å². The molecule has 2 aromatic carbocycles. The van der Waals surface area contributed by atoms with E-state index < -0.39 is 0 Å². The van der Waals surface area contributed by atoms with E-state index in [9.17, 15) is 10.0 Å². The SMILES string of the molecule is Cc1ccc(NC(=O)c2ccc[n+]([O-])c2)cc1-c1ccc2nc(NC(C)C)ncc2c1. The van der Waals surface area contributed by atoms with Gasteiger partial charge in [-0.25, -0.2) is 9.97 Å². The molecule has 0 spiro atoms. The van der Waals surface area contributed by atoms with Gasteiger partial charge in [0.1, 0.15) is 5.56 Å². The monoisotopic (exact) mass is 413 g/mol. The molecule has 0 radical (unpaired) electrons. The van der Waals surface area contributed by atoms with E-state index in [1.54, 1.807) is 12.1 Å². The second-order valence-electron chi connectivity index (χ2n) is 7.70. The van der Waals surface area contributed by atoms with Gasteiger partial charge in [0, 0.05) is 29.4 Å². The van der Waals surface area contributed by atoms with Gasteiger partial charge >= 0.3 is 0 Å². The normalized spacial score (nSPS) is 11.0. The van der Waals surface area contributed by atoms with Crippen LogP contribution in [0.3, 0.4) is 0 Å². The average Bonchev–Trinajstić information content (AvgIpc) is 2.74. The molecule has 1 amide bonds. The molecule has 2 aromatic heterocycles. The van der Waals surface area contributed by atoms with Crippen LogP contribution in [0.4, 0.5) is 11.6 Å². The van der Waals surface area contributed by atoms with Gasteiger partial charge < -0.3 is 15.8 Å². The van der Waals surface area contributed by atoms with Crippen LogP contribution in [-0.4, -0.2) is 21.9 Å². The highest BCUT2D eigenvalue weighted by atomic mass is 16.5. The smallest absolute Gasteiger partial charge is 0.261 e. The van der Waals surface area contributed by atoms with Gasteiger partial charge in [-0.2, -0.15) is 4.73 Å². The first-order valence-electron chi connectivity index (χ1n) is 10.0. The average molecular weight is 413 g/mol. The first-order valence-corrected chi connectivity index (χ1v) is 10.0. The zero-order valence-electron chi connectivity index (χ0n) is 17.6. The third-order valence-electron chi connectivity index (χ3n) is 4.84. The molecule has 156 valence electrons. The highest BCUT2D eigenvalue weighted by molar-refractivity contribution is 6.04. The molecule has 0 aliphatic heterocycles. The molecule has 4 aromatic rings. The van der Waals surface area contributed by atoms with E-state index in [1.807, 2.05) is 63.4 Å². The summed E-state index contributed by atoms with van der Waals surface area (Å²) < 4.78 is 0.606. The Kier molecular flexibility index (Phi) is 5.49. The Morgan fingerprint density at radius 1 is 1.13 bits per heavy atom. The van der Waals surface area contributed by atoms with Gasteiger partial charge in [-0.3, -0.25) is 4.79 Å². The van der Waals surface area contributed by atoms with Crippen molar-refractivity contribution >= 4 is 28.4 Å². The van der Waals surface area contributed by atoms with Gasteiger partial charge in [0.05, 0.1) is 5.52 Å². The van der Waals surface area contributed by atoms with Crippen LogP contribution in [0.25, 0.3) is 22.0 Å².